The monoisotopic (exact) mass is 497 g/mol. The van der Waals surface area contributed by atoms with Crippen molar-refractivity contribution < 1.29 is 23.8 Å². The maximum absolute atomic E-state index is 13.4. The second-order valence-corrected chi connectivity index (χ2v) is 9.49. The van der Waals surface area contributed by atoms with Crippen LogP contribution in [0.2, 0.25) is 0 Å². The van der Waals surface area contributed by atoms with Crippen molar-refractivity contribution in [1.29, 1.82) is 0 Å². The van der Waals surface area contributed by atoms with Crippen LogP contribution in [0.15, 0.2) is 42.5 Å². The molecule has 0 fully saturated rings. The van der Waals surface area contributed by atoms with Gasteiger partial charge in [-0.1, -0.05) is 19.9 Å². The van der Waals surface area contributed by atoms with Crippen LogP contribution in [-0.4, -0.2) is 81.3 Å². The van der Waals surface area contributed by atoms with E-state index in [0.29, 0.717) is 41.5 Å². The molecule has 2 amide bonds. The van der Waals surface area contributed by atoms with E-state index < -0.39 is 0 Å². The van der Waals surface area contributed by atoms with Crippen molar-refractivity contribution in [3.05, 3.63) is 53.6 Å². The first kappa shape index (κ1) is 27.5. The molecule has 2 aromatic rings. The Morgan fingerprint density at radius 2 is 1.92 bits per heavy atom. The number of likely N-dealkylation sites (N-methyl/N-ethyl adjacent to an activating group) is 1. The minimum atomic E-state index is -0.273. The summed E-state index contributed by atoms with van der Waals surface area (Å²) in [7, 11) is 5.04. The fraction of sp³-hybridized carbons (Fsp3) is 0.500. The van der Waals surface area contributed by atoms with E-state index in [4.69, 9.17) is 14.2 Å². The van der Waals surface area contributed by atoms with Gasteiger partial charge in [-0.05, 0) is 56.1 Å². The van der Waals surface area contributed by atoms with Gasteiger partial charge in [-0.15, -0.1) is 0 Å². The number of anilines is 1. The Balaban J connectivity index is 1.91. The molecule has 1 heterocycles. The predicted octanol–water partition coefficient (Wildman–Crippen LogP) is 4.16. The molecule has 196 valence electrons. The first-order valence-corrected chi connectivity index (χ1v) is 12.5. The number of rotatable bonds is 6. The number of nitrogens with one attached hydrogen (secondary N) is 1. The summed E-state index contributed by atoms with van der Waals surface area (Å²) in [5.74, 6) is 0.869. The van der Waals surface area contributed by atoms with Crippen LogP contribution in [0.1, 0.15) is 47.9 Å². The van der Waals surface area contributed by atoms with Gasteiger partial charge < -0.3 is 24.4 Å². The highest BCUT2D eigenvalue weighted by atomic mass is 16.5. The highest BCUT2D eigenvalue weighted by molar-refractivity contribution is 6.05. The van der Waals surface area contributed by atoms with Gasteiger partial charge in [-0.2, -0.15) is 0 Å². The smallest absolute Gasteiger partial charge is 0.257 e. The summed E-state index contributed by atoms with van der Waals surface area (Å²) in [6, 6.07) is 12.2. The molecular weight excluding hydrogens is 458 g/mol. The number of fused-ring (bicyclic) bond motifs is 1. The first-order valence-electron chi connectivity index (χ1n) is 12.5. The number of nitrogens with zero attached hydrogens (tertiary/aromatic N) is 2. The Hall–Kier alpha value is -3.10. The van der Waals surface area contributed by atoms with Gasteiger partial charge in [0.15, 0.2) is 0 Å². The van der Waals surface area contributed by atoms with Gasteiger partial charge in [0.05, 0.1) is 18.8 Å². The summed E-state index contributed by atoms with van der Waals surface area (Å²) in [5.41, 5.74) is 1.47. The molecule has 3 atom stereocenters. The molecule has 0 bridgehead atoms. The lowest BCUT2D eigenvalue weighted by Crippen LogP contribution is -2.46. The zero-order valence-corrected chi connectivity index (χ0v) is 22.2. The second-order valence-electron chi connectivity index (χ2n) is 9.49. The van der Waals surface area contributed by atoms with Crippen molar-refractivity contribution in [3.63, 3.8) is 0 Å². The summed E-state index contributed by atoms with van der Waals surface area (Å²) in [6.45, 7) is 9.16. The lowest BCUT2D eigenvalue weighted by Gasteiger charge is -2.35. The third-order valence-corrected chi connectivity index (χ3v) is 6.68. The van der Waals surface area contributed by atoms with Crippen molar-refractivity contribution in [1.82, 2.24) is 9.80 Å². The van der Waals surface area contributed by atoms with Crippen LogP contribution >= 0.6 is 0 Å². The van der Waals surface area contributed by atoms with E-state index in [-0.39, 0.29) is 29.9 Å². The van der Waals surface area contributed by atoms with Crippen molar-refractivity contribution in [2.24, 2.45) is 5.92 Å². The van der Waals surface area contributed by atoms with Crippen molar-refractivity contribution >= 4 is 17.5 Å². The van der Waals surface area contributed by atoms with Crippen LogP contribution in [0.25, 0.3) is 0 Å². The predicted molar refractivity (Wildman–Crippen MR) is 141 cm³/mol. The summed E-state index contributed by atoms with van der Waals surface area (Å²) >= 11 is 0. The van der Waals surface area contributed by atoms with E-state index >= 15 is 0 Å². The Bertz CT molecular complexity index is 1040. The molecule has 0 unspecified atom stereocenters. The highest BCUT2D eigenvalue weighted by Crippen LogP contribution is 2.27. The van der Waals surface area contributed by atoms with Gasteiger partial charge in [0.25, 0.3) is 11.8 Å². The van der Waals surface area contributed by atoms with E-state index in [0.717, 1.165) is 19.5 Å². The summed E-state index contributed by atoms with van der Waals surface area (Å²) in [4.78, 5) is 30.3. The molecule has 1 aliphatic rings. The number of carbonyl (C=O) groups excluding carboxylic acids is 2. The molecule has 1 aliphatic heterocycles. The maximum Gasteiger partial charge on any atom is 0.257 e. The molecule has 0 saturated heterocycles. The van der Waals surface area contributed by atoms with Gasteiger partial charge >= 0.3 is 0 Å². The second kappa shape index (κ2) is 12.7. The van der Waals surface area contributed by atoms with Gasteiger partial charge in [0.2, 0.25) is 0 Å². The Morgan fingerprint density at radius 1 is 1.14 bits per heavy atom. The quantitative estimate of drug-likeness (QED) is 0.646. The summed E-state index contributed by atoms with van der Waals surface area (Å²) in [6.07, 6.45) is 0.945. The van der Waals surface area contributed by atoms with Crippen molar-refractivity contribution in [2.75, 3.05) is 52.8 Å². The maximum atomic E-state index is 13.4. The van der Waals surface area contributed by atoms with Gasteiger partial charge in [0, 0.05) is 50.6 Å². The summed E-state index contributed by atoms with van der Waals surface area (Å²) < 4.78 is 17.2. The van der Waals surface area contributed by atoms with Crippen LogP contribution in [0, 0.1) is 5.92 Å². The molecular formula is C28H39N3O5. The third kappa shape index (κ3) is 6.77. The fourth-order valence-corrected chi connectivity index (χ4v) is 4.49. The zero-order chi connectivity index (χ0) is 26.2. The van der Waals surface area contributed by atoms with Gasteiger partial charge in [-0.3, -0.25) is 14.5 Å². The lowest BCUT2D eigenvalue weighted by atomic mass is 10.0. The van der Waals surface area contributed by atoms with Crippen LogP contribution in [0.3, 0.4) is 0 Å². The van der Waals surface area contributed by atoms with E-state index in [1.54, 1.807) is 68.6 Å². The largest absolute Gasteiger partial charge is 0.497 e. The molecule has 0 spiro atoms. The molecule has 0 aromatic heterocycles. The van der Waals surface area contributed by atoms with Crippen LogP contribution in [0.5, 0.6) is 11.5 Å². The van der Waals surface area contributed by atoms with Crippen LogP contribution < -0.4 is 14.8 Å². The molecule has 0 saturated carbocycles. The molecule has 8 nitrogen and oxygen atoms in total. The molecule has 36 heavy (non-hydrogen) atoms. The van der Waals surface area contributed by atoms with E-state index in [1.807, 2.05) is 0 Å². The van der Waals surface area contributed by atoms with E-state index in [9.17, 15) is 9.59 Å². The number of ether oxygens (including phenoxy) is 3. The number of methoxy groups -OCH3 is 2. The number of hydrogen-bond donors (Lipinski definition) is 1. The molecule has 1 N–H and O–H groups in total. The molecule has 8 heteroatoms. The van der Waals surface area contributed by atoms with Crippen molar-refractivity contribution in [2.45, 2.75) is 39.3 Å². The van der Waals surface area contributed by atoms with Gasteiger partial charge in [-0.25, -0.2) is 0 Å². The standard InChI is InChI=1S/C28H39N3O5/c1-7-13-31-16-19(2)26(35-6)17-30(4)28(33)24-12-11-22(15-25(24)36-18-20(31)3)29-27(32)21-9-8-10-23(14-21)34-5/h8-12,14-15,19-20,26H,7,13,16-18H2,1-6H3,(H,29,32)/t19-,20+,26+/m1/s1. The normalized spacial score (nSPS) is 21.6. The van der Waals surface area contributed by atoms with E-state index in [2.05, 4.69) is 31.0 Å². The number of benzene rings is 2. The highest BCUT2D eigenvalue weighted by Gasteiger charge is 2.28. The Labute approximate surface area is 214 Å². The topological polar surface area (TPSA) is 80.3 Å². The Kier molecular flexibility index (Phi) is 9.73. The average molecular weight is 498 g/mol. The van der Waals surface area contributed by atoms with Crippen LogP contribution in [-0.2, 0) is 4.74 Å². The SMILES string of the molecule is CCCN1C[C@@H](C)[C@@H](OC)CN(C)C(=O)c2ccc(NC(=O)c3cccc(OC)c3)cc2OC[C@@H]1C. The average Bonchev–Trinajstić information content (AvgIpc) is 2.89. The fourth-order valence-electron chi connectivity index (χ4n) is 4.49. The molecule has 0 aliphatic carbocycles. The Morgan fingerprint density at radius 3 is 2.61 bits per heavy atom. The third-order valence-electron chi connectivity index (χ3n) is 6.68. The van der Waals surface area contributed by atoms with Crippen LogP contribution in [0.4, 0.5) is 5.69 Å². The van der Waals surface area contributed by atoms with E-state index in [1.165, 1.54) is 0 Å². The van der Waals surface area contributed by atoms with Crippen molar-refractivity contribution in [3.8, 4) is 11.5 Å². The lowest BCUT2D eigenvalue weighted by molar-refractivity contribution is 0.0108. The molecule has 2 aromatic carbocycles. The minimum absolute atomic E-state index is 0.0873. The summed E-state index contributed by atoms with van der Waals surface area (Å²) in [5, 5.41) is 2.90. The number of amides is 2. The number of carbonyl (C=O) groups is 2. The molecule has 3 rings (SSSR count). The molecule has 0 radical (unpaired) electrons. The first-order chi connectivity index (χ1) is 17.3. The number of hydrogen-bond acceptors (Lipinski definition) is 6. The zero-order valence-electron chi connectivity index (χ0n) is 22.2. The minimum Gasteiger partial charge on any atom is -0.497 e. The van der Waals surface area contributed by atoms with Gasteiger partial charge in [0.1, 0.15) is 18.1 Å².